The molecule has 0 aliphatic rings. The number of carbonyl (C=O) groups excluding carboxylic acids is 2. The summed E-state index contributed by atoms with van der Waals surface area (Å²) in [6, 6.07) is 26.9. The standard InChI is InChI=1S/C29H22N4O4S2/c1-18(27(34)32-29-31-26(17-38-29)21-10-9-19-5-2-3-6-20(19)15-21)39-25-13-11-23(12-14-25)30-28(35)22-7-4-8-24(16-22)33(36)37/h2-18H,1H3,(H,30,35)(H,31,32,34). The Bertz CT molecular complexity index is 1680. The van der Waals surface area contributed by atoms with Crippen LogP contribution in [-0.2, 0) is 4.79 Å². The highest BCUT2D eigenvalue weighted by Gasteiger charge is 2.17. The predicted octanol–water partition coefficient (Wildman–Crippen LogP) is 7.24. The Morgan fingerprint density at radius 2 is 1.69 bits per heavy atom. The van der Waals surface area contributed by atoms with Crippen LogP contribution in [0.5, 0.6) is 0 Å². The molecule has 0 fully saturated rings. The normalized spacial score (nSPS) is 11.6. The molecule has 0 saturated heterocycles. The number of fused-ring (bicyclic) bond motifs is 1. The van der Waals surface area contributed by atoms with Crippen molar-refractivity contribution in [3.8, 4) is 11.3 Å². The minimum absolute atomic E-state index is 0.149. The van der Waals surface area contributed by atoms with Crippen molar-refractivity contribution in [1.82, 2.24) is 4.98 Å². The van der Waals surface area contributed by atoms with E-state index in [1.165, 1.54) is 47.4 Å². The Labute approximate surface area is 232 Å². The number of nitrogens with zero attached hydrogens (tertiary/aromatic N) is 2. The molecule has 0 aliphatic heterocycles. The van der Waals surface area contributed by atoms with E-state index in [-0.39, 0.29) is 22.4 Å². The highest BCUT2D eigenvalue weighted by atomic mass is 32.2. The molecular weight excluding hydrogens is 532 g/mol. The molecule has 0 aliphatic carbocycles. The second-order valence-corrected chi connectivity index (χ2v) is 10.9. The van der Waals surface area contributed by atoms with Crippen LogP contribution < -0.4 is 10.6 Å². The summed E-state index contributed by atoms with van der Waals surface area (Å²) in [4.78, 5) is 41.1. The lowest BCUT2D eigenvalue weighted by Crippen LogP contribution is -2.22. The highest BCUT2D eigenvalue weighted by molar-refractivity contribution is 8.00. The van der Waals surface area contributed by atoms with Gasteiger partial charge in [0.05, 0.1) is 15.9 Å². The molecule has 0 radical (unpaired) electrons. The van der Waals surface area contributed by atoms with E-state index in [0.717, 1.165) is 26.9 Å². The highest BCUT2D eigenvalue weighted by Crippen LogP contribution is 2.30. The van der Waals surface area contributed by atoms with Gasteiger partial charge in [0, 0.05) is 39.2 Å². The van der Waals surface area contributed by atoms with Crippen molar-refractivity contribution in [2.24, 2.45) is 0 Å². The molecule has 2 amide bonds. The molecule has 0 saturated carbocycles. The minimum Gasteiger partial charge on any atom is -0.322 e. The van der Waals surface area contributed by atoms with Gasteiger partial charge in [-0.15, -0.1) is 23.1 Å². The van der Waals surface area contributed by atoms with E-state index in [9.17, 15) is 19.7 Å². The van der Waals surface area contributed by atoms with Gasteiger partial charge in [-0.3, -0.25) is 19.7 Å². The smallest absolute Gasteiger partial charge is 0.270 e. The zero-order valence-corrected chi connectivity index (χ0v) is 22.3. The van der Waals surface area contributed by atoms with Crippen molar-refractivity contribution >= 4 is 62.2 Å². The number of hydrogen-bond acceptors (Lipinski definition) is 7. The molecule has 0 bridgehead atoms. The number of non-ortho nitro benzene ring substituents is 1. The van der Waals surface area contributed by atoms with Gasteiger partial charge in [-0.1, -0.05) is 42.5 Å². The fourth-order valence-corrected chi connectivity index (χ4v) is 5.45. The molecule has 5 aromatic rings. The number of benzene rings is 4. The van der Waals surface area contributed by atoms with E-state index in [2.05, 4.69) is 39.9 Å². The second kappa shape index (κ2) is 11.5. The van der Waals surface area contributed by atoms with Gasteiger partial charge in [-0.2, -0.15) is 0 Å². The van der Waals surface area contributed by atoms with Gasteiger partial charge in [-0.05, 0) is 54.1 Å². The summed E-state index contributed by atoms with van der Waals surface area (Å²) in [7, 11) is 0. The molecule has 39 heavy (non-hydrogen) atoms. The predicted molar refractivity (Wildman–Crippen MR) is 156 cm³/mol. The SMILES string of the molecule is CC(Sc1ccc(NC(=O)c2cccc([N+](=O)[O-])c2)cc1)C(=O)Nc1nc(-c2ccc3ccccc3c2)cs1. The van der Waals surface area contributed by atoms with E-state index >= 15 is 0 Å². The number of carbonyl (C=O) groups is 2. The number of nitro benzene ring substituents is 1. The maximum atomic E-state index is 12.8. The maximum absolute atomic E-state index is 12.8. The van der Waals surface area contributed by atoms with Crippen molar-refractivity contribution < 1.29 is 14.5 Å². The summed E-state index contributed by atoms with van der Waals surface area (Å²) in [6.07, 6.45) is 0. The molecule has 194 valence electrons. The van der Waals surface area contributed by atoms with E-state index in [4.69, 9.17) is 0 Å². The van der Waals surface area contributed by atoms with Gasteiger partial charge >= 0.3 is 0 Å². The molecule has 8 nitrogen and oxygen atoms in total. The zero-order valence-electron chi connectivity index (χ0n) is 20.7. The average molecular weight is 555 g/mol. The van der Waals surface area contributed by atoms with Crippen LogP contribution in [0.4, 0.5) is 16.5 Å². The summed E-state index contributed by atoms with van der Waals surface area (Å²) in [5.41, 5.74) is 2.38. The first kappa shape index (κ1) is 26.1. The Morgan fingerprint density at radius 1 is 0.923 bits per heavy atom. The van der Waals surface area contributed by atoms with Crippen molar-refractivity contribution in [3.05, 3.63) is 112 Å². The van der Waals surface area contributed by atoms with Crippen molar-refractivity contribution in [2.75, 3.05) is 10.6 Å². The summed E-state index contributed by atoms with van der Waals surface area (Å²) >= 11 is 2.76. The van der Waals surface area contributed by atoms with Gasteiger partial charge < -0.3 is 10.6 Å². The number of nitrogens with one attached hydrogen (secondary N) is 2. The molecule has 1 heterocycles. The fraction of sp³-hybridized carbons (Fsp3) is 0.0690. The number of thioether (sulfide) groups is 1. The van der Waals surface area contributed by atoms with Crippen molar-refractivity contribution in [3.63, 3.8) is 0 Å². The minimum atomic E-state index is -0.543. The first-order valence-electron chi connectivity index (χ1n) is 11.9. The first-order valence-corrected chi connectivity index (χ1v) is 13.7. The average Bonchev–Trinajstić information content (AvgIpc) is 3.42. The van der Waals surface area contributed by atoms with E-state index in [1.807, 2.05) is 30.5 Å². The summed E-state index contributed by atoms with van der Waals surface area (Å²) in [6.45, 7) is 1.82. The van der Waals surface area contributed by atoms with Crippen LogP contribution in [0, 0.1) is 10.1 Å². The van der Waals surface area contributed by atoms with Gasteiger partial charge in [0.1, 0.15) is 0 Å². The number of nitro groups is 1. The van der Waals surface area contributed by atoms with Crippen LogP contribution >= 0.6 is 23.1 Å². The van der Waals surface area contributed by atoms with Gasteiger partial charge in [0.2, 0.25) is 5.91 Å². The first-order chi connectivity index (χ1) is 18.9. The number of thiazole rings is 1. The number of aromatic nitrogens is 1. The Morgan fingerprint density at radius 3 is 2.46 bits per heavy atom. The van der Waals surface area contributed by atoms with Crippen molar-refractivity contribution in [1.29, 1.82) is 0 Å². The van der Waals surface area contributed by atoms with E-state index < -0.39 is 10.8 Å². The van der Waals surface area contributed by atoms with E-state index in [1.54, 1.807) is 24.3 Å². The molecule has 1 atom stereocenters. The quantitative estimate of drug-likeness (QED) is 0.119. The number of hydrogen-bond donors (Lipinski definition) is 2. The zero-order chi connectivity index (χ0) is 27.4. The van der Waals surface area contributed by atoms with Crippen LogP contribution in [0.3, 0.4) is 0 Å². The van der Waals surface area contributed by atoms with Crippen molar-refractivity contribution in [2.45, 2.75) is 17.1 Å². The Balaban J connectivity index is 1.17. The molecule has 0 spiro atoms. The number of anilines is 2. The molecule has 1 unspecified atom stereocenters. The Kier molecular flexibility index (Phi) is 7.67. The molecule has 1 aromatic heterocycles. The molecule has 2 N–H and O–H groups in total. The monoisotopic (exact) mass is 554 g/mol. The van der Waals surface area contributed by atoms with Gasteiger partial charge in [-0.25, -0.2) is 4.98 Å². The van der Waals surface area contributed by atoms with Gasteiger partial charge in [0.25, 0.3) is 11.6 Å². The van der Waals surface area contributed by atoms with Crippen LogP contribution in [0.15, 0.2) is 101 Å². The second-order valence-electron chi connectivity index (χ2n) is 8.64. The topological polar surface area (TPSA) is 114 Å². The molecule has 4 aromatic carbocycles. The Hall–Kier alpha value is -4.54. The molecule has 5 rings (SSSR count). The molecular formula is C29H22N4O4S2. The fourth-order valence-electron chi connectivity index (χ4n) is 3.86. The van der Waals surface area contributed by atoms with Crippen LogP contribution in [0.25, 0.3) is 22.0 Å². The summed E-state index contributed by atoms with van der Waals surface area (Å²) in [5, 5.41) is 21.0. The number of rotatable bonds is 8. The lowest BCUT2D eigenvalue weighted by atomic mass is 10.1. The largest absolute Gasteiger partial charge is 0.322 e. The van der Waals surface area contributed by atoms with Crippen LogP contribution in [0.2, 0.25) is 0 Å². The third kappa shape index (κ3) is 6.31. The molecule has 10 heteroatoms. The van der Waals surface area contributed by atoms with Gasteiger partial charge in [0.15, 0.2) is 5.13 Å². The lowest BCUT2D eigenvalue weighted by Gasteiger charge is -2.11. The summed E-state index contributed by atoms with van der Waals surface area (Å²) in [5.74, 6) is -0.610. The third-order valence-electron chi connectivity index (χ3n) is 5.89. The number of amides is 2. The summed E-state index contributed by atoms with van der Waals surface area (Å²) < 4.78 is 0. The van der Waals surface area contributed by atoms with Crippen LogP contribution in [0.1, 0.15) is 17.3 Å². The lowest BCUT2D eigenvalue weighted by molar-refractivity contribution is -0.384. The maximum Gasteiger partial charge on any atom is 0.270 e. The van der Waals surface area contributed by atoms with E-state index in [0.29, 0.717) is 10.8 Å². The third-order valence-corrected chi connectivity index (χ3v) is 7.76. The van der Waals surface area contributed by atoms with Crippen LogP contribution in [-0.4, -0.2) is 27.0 Å².